The Bertz CT molecular complexity index is 283. The highest BCUT2D eigenvalue weighted by Gasteiger charge is 2.17. The van der Waals surface area contributed by atoms with Crippen molar-refractivity contribution in [1.29, 1.82) is 0 Å². The summed E-state index contributed by atoms with van der Waals surface area (Å²) in [6.45, 7) is 3.07. The van der Waals surface area contributed by atoms with Gasteiger partial charge in [-0.3, -0.25) is 4.68 Å². The number of aromatic nitrogens is 2. The van der Waals surface area contributed by atoms with Gasteiger partial charge in [0.15, 0.2) is 0 Å². The zero-order valence-corrected chi connectivity index (χ0v) is 8.27. The normalized spacial score (nSPS) is 16.6. The van der Waals surface area contributed by atoms with Crippen molar-refractivity contribution in [3.05, 3.63) is 12.4 Å². The van der Waals surface area contributed by atoms with E-state index in [1.165, 1.54) is 0 Å². The van der Waals surface area contributed by atoms with Gasteiger partial charge in [-0.25, -0.2) is 0 Å². The van der Waals surface area contributed by atoms with Crippen molar-refractivity contribution >= 4 is 5.69 Å². The fraction of sp³-hybridized carbons (Fsp3) is 0.667. The molecule has 1 aliphatic rings. The highest BCUT2D eigenvalue weighted by atomic mass is 16.5. The Balaban J connectivity index is 1.82. The highest BCUT2D eigenvalue weighted by Crippen LogP contribution is 2.11. The second-order valence-electron chi connectivity index (χ2n) is 3.36. The molecule has 0 radical (unpaired) electrons. The average Bonchev–Trinajstić information content (AvgIpc) is 2.56. The molecule has 0 spiro atoms. The van der Waals surface area contributed by atoms with Crippen LogP contribution < -0.4 is 5.32 Å². The van der Waals surface area contributed by atoms with Crippen LogP contribution in [0.25, 0.3) is 0 Å². The van der Waals surface area contributed by atoms with Crippen molar-refractivity contribution in [3.8, 4) is 0 Å². The summed E-state index contributed by atoms with van der Waals surface area (Å²) in [6, 6.07) is 0.454. The van der Waals surface area contributed by atoms with E-state index in [1.807, 2.05) is 17.1 Å². The van der Waals surface area contributed by atoms with Crippen LogP contribution in [-0.2, 0) is 16.0 Å². The first kappa shape index (κ1) is 9.48. The van der Waals surface area contributed by atoms with Gasteiger partial charge in [0, 0.05) is 13.3 Å². The smallest absolute Gasteiger partial charge is 0.0730 e. The second kappa shape index (κ2) is 4.43. The van der Waals surface area contributed by atoms with Crippen LogP contribution in [0.5, 0.6) is 0 Å². The van der Waals surface area contributed by atoms with Gasteiger partial charge in [0.05, 0.1) is 44.3 Å². The largest absolute Gasteiger partial charge is 0.383 e. The van der Waals surface area contributed by atoms with E-state index in [2.05, 4.69) is 10.4 Å². The number of methoxy groups -OCH3 is 1. The molecule has 2 heterocycles. The summed E-state index contributed by atoms with van der Waals surface area (Å²) in [5.41, 5.74) is 1.05. The number of hydrogen-bond donors (Lipinski definition) is 1. The SMILES string of the molecule is COCCn1cc(NC2COC2)cn1. The van der Waals surface area contributed by atoms with E-state index in [9.17, 15) is 0 Å². The van der Waals surface area contributed by atoms with Crippen molar-refractivity contribution in [2.75, 3.05) is 32.2 Å². The van der Waals surface area contributed by atoms with E-state index >= 15 is 0 Å². The second-order valence-corrected chi connectivity index (χ2v) is 3.36. The zero-order valence-electron chi connectivity index (χ0n) is 8.27. The number of nitrogens with one attached hydrogen (secondary N) is 1. The molecule has 0 unspecified atom stereocenters. The fourth-order valence-corrected chi connectivity index (χ4v) is 1.30. The molecule has 14 heavy (non-hydrogen) atoms. The number of ether oxygens (including phenoxy) is 2. The zero-order chi connectivity index (χ0) is 9.80. The molecule has 0 bridgehead atoms. The molecule has 1 saturated heterocycles. The van der Waals surface area contributed by atoms with Crippen LogP contribution >= 0.6 is 0 Å². The van der Waals surface area contributed by atoms with Crippen LogP contribution in [0.15, 0.2) is 12.4 Å². The van der Waals surface area contributed by atoms with E-state index in [1.54, 1.807) is 7.11 Å². The van der Waals surface area contributed by atoms with Gasteiger partial charge in [-0.15, -0.1) is 0 Å². The van der Waals surface area contributed by atoms with Gasteiger partial charge in [-0.1, -0.05) is 0 Å². The molecule has 5 nitrogen and oxygen atoms in total. The molecule has 0 atom stereocenters. The molecule has 2 rings (SSSR count). The molecule has 1 aromatic heterocycles. The summed E-state index contributed by atoms with van der Waals surface area (Å²) >= 11 is 0. The van der Waals surface area contributed by atoms with Gasteiger partial charge in [0.2, 0.25) is 0 Å². The van der Waals surface area contributed by atoms with E-state index in [0.29, 0.717) is 12.6 Å². The standard InChI is InChI=1S/C9H15N3O2/c1-13-3-2-12-5-8(4-10-12)11-9-6-14-7-9/h4-5,9,11H,2-3,6-7H2,1H3. The number of nitrogens with zero attached hydrogens (tertiary/aromatic N) is 2. The molecule has 0 saturated carbocycles. The highest BCUT2D eigenvalue weighted by molar-refractivity contribution is 5.39. The van der Waals surface area contributed by atoms with Crippen LogP contribution in [0.2, 0.25) is 0 Å². The first-order chi connectivity index (χ1) is 6.88. The summed E-state index contributed by atoms with van der Waals surface area (Å²) in [5.74, 6) is 0. The van der Waals surface area contributed by atoms with Crippen LogP contribution in [0, 0.1) is 0 Å². The monoisotopic (exact) mass is 197 g/mol. The van der Waals surface area contributed by atoms with E-state index < -0.39 is 0 Å². The van der Waals surface area contributed by atoms with Crippen molar-refractivity contribution in [2.24, 2.45) is 0 Å². The predicted molar refractivity (Wildman–Crippen MR) is 52.3 cm³/mol. The fourth-order valence-electron chi connectivity index (χ4n) is 1.30. The summed E-state index contributed by atoms with van der Waals surface area (Å²) < 4.78 is 11.9. The molecule has 78 valence electrons. The van der Waals surface area contributed by atoms with Crippen LogP contribution in [-0.4, -0.2) is 42.8 Å². The quantitative estimate of drug-likeness (QED) is 0.739. The summed E-state index contributed by atoms with van der Waals surface area (Å²) in [5, 5.41) is 7.52. The van der Waals surface area contributed by atoms with Crippen LogP contribution in [0.4, 0.5) is 5.69 Å². The minimum Gasteiger partial charge on any atom is -0.383 e. The summed E-state index contributed by atoms with van der Waals surface area (Å²) in [6.07, 6.45) is 3.81. The van der Waals surface area contributed by atoms with Crippen LogP contribution in [0.1, 0.15) is 0 Å². The number of rotatable bonds is 5. The maximum atomic E-state index is 5.07. The molecule has 1 aromatic rings. The van der Waals surface area contributed by atoms with Crippen molar-refractivity contribution in [2.45, 2.75) is 12.6 Å². The number of hydrogen-bond acceptors (Lipinski definition) is 4. The lowest BCUT2D eigenvalue weighted by Gasteiger charge is -2.26. The minimum absolute atomic E-state index is 0.454. The minimum atomic E-state index is 0.454. The number of anilines is 1. The van der Waals surface area contributed by atoms with E-state index in [4.69, 9.17) is 9.47 Å². The van der Waals surface area contributed by atoms with Gasteiger partial charge in [0.1, 0.15) is 0 Å². The lowest BCUT2D eigenvalue weighted by atomic mass is 10.2. The third kappa shape index (κ3) is 2.24. The first-order valence-electron chi connectivity index (χ1n) is 4.74. The molecule has 1 aliphatic heterocycles. The van der Waals surface area contributed by atoms with Gasteiger partial charge in [-0.2, -0.15) is 5.10 Å². The van der Waals surface area contributed by atoms with Gasteiger partial charge in [-0.05, 0) is 0 Å². The Labute approximate surface area is 83.0 Å². The Kier molecular flexibility index (Phi) is 3.00. The van der Waals surface area contributed by atoms with Gasteiger partial charge < -0.3 is 14.8 Å². The third-order valence-electron chi connectivity index (χ3n) is 2.17. The molecule has 0 amide bonds. The van der Waals surface area contributed by atoms with Crippen molar-refractivity contribution in [3.63, 3.8) is 0 Å². The molecule has 0 aliphatic carbocycles. The molecule has 1 N–H and O–H groups in total. The van der Waals surface area contributed by atoms with Gasteiger partial charge >= 0.3 is 0 Å². The lowest BCUT2D eigenvalue weighted by Crippen LogP contribution is -2.40. The lowest BCUT2D eigenvalue weighted by molar-refractivity contribution is 0.0211. The van der Waals surface area contributed by atoms with Crippen molar-refractivity contribution < 1.29 is 9.47 Å². The van der Waals surface area contributed by atoms with E-state index in [-0.39, 0.29) is 0 Å². The first-order valence-corrected chi connectivity index (χ1v) is 4.74. The van der Waals surface area contributed by atoms with Crippen molar-refractivity contribution in [1.82, 2.24) is 9.78 Å². The Morgan fingerprint density at radius 2 is 2.57 bits per heavy atom. The topological polar surface area (TPSA) is 48.3 Å². The average molecular weight is 197 g/mol. The molecular weight excluding hydrogens is 182 g/mol. The Hall–Kier alpha value is -1.07. The molecule has 0 aromatic carbocycles. The molecular formula is C9H15N3O2. The predicted octanol–water partition coefficient (Wildman–Crippen LogP) is 0.340. The maximum Gasteiger partial charge on any atom is 0.0730 e. The Morgan fingerprint density at radius 1 is 1.71 bits per heavy atom. The Morgan fingerprint density at radius 3 is 3.21 bits per heavy atom. The van der Waals surface area contributed by atoms with Crippen LogP contribution in [0.3, 0.4) is 0 Å². The summed E-state index contributed by atoms with van der Waals surface area (Å²) in [4.78, 5) is 0. The van der Waals surface area contributed by atoms with Gasteiger partial charge in [0.25, 0.3) is 0 Å². The molecule has 1 fully saturated rings. The summed E-state index contributed by atoms with van der Waals surface area (Å²) in [7, 11) is 1.69. The molecule has 5 heteroatoms. The van der Waals surface area contributed by atoms with E-state index in [0.717, 1.165) is 25.4 Å². The maximum absolute atomic E-state index is 5.07. The third-order valence-corrected chi connectivity index (χ3v) is 2.17.